The molecule has 2 amide bonds. The molecule has 0 bridgehead atoms. The Bertz CT molecular complexity index is 954. The quantitative estimate of drug-likeness (QED) is 0.459. The van der Waals surface area contributed by atoms with Crippen LogP contribution in [0.4, 0.5) is 0 Å². The summed E-state index contributed by atoms with van der Waals surface area (Å²) in [6.07, 6.45) is 0.788. The minimum Gasteiger partial charge on any atom is -0.490 e. The Hall–Kier alpha value is -2.73. The molecule has 0 radical (unpaired) electrons. The number of ether oxygens (including phenoxy) is 2. The molecule has 2 aromatic carbocycles. The van der Waals surface area contributed by atoms with E-state index in [1.807, 2.05) is 65.0 Å². The Balaban J connectivity index is 2.19. The molecule has 0 unspecified atom stereocenters. The average Bonchev–Trinajstić information content (AvgIpc) is 2.77. The number of nitrogens with zero attached hydrogens (tertiary/aromatic N) is 1. The molecule has 34 heavy (non-hydrogen) atoms. The first-order valence-electron chi connectivity index (χ1n) is 11.8. The lowest BCUT2D eigenvalue weighted by atomic mass is 10.1. The molecule has 0 fully saturated rings. The molecule has 1 N–H and O–H groups in total. The van der Waals surface area contributed by atoms with Gasteiger partial charge in [-0.15, -0.1) is 0 Å². The Labute approximate surface area is 208 Å². The van der Waals surface area contributed by atoms with Gasteiger partial charge in [0.05, 0.1) is 13.2 Å². The summed E-state index contributed by atoms with van der Waals surface area (Å²) in [7, 11) is 0. The zero-order valence-corrected chi connectivity index (χ0v) is 21.9. The molecule has 1 atom stereocenters. The van der Waals surface area contributed by atoms with E-state index in [1.165, 1.54) is 0 Å². The summed E-state index contributed by atoms with van der Waals surface area (Å²) in [5.74, 6) is 1.08. The van der Waals surface area contributed by atoms with Crippen LogP contribution in [0.15, 0.2) is 42.5 Å². The molecule has 0 saturated carbocycles. The van der Waals surface area contributed by atoms with Crippen LogP contribution in [-0.4, -0.2) is 41.5 Å². The fraction of sp³-hybridized carbons (Fsp3) is 0.481. The van der Waals surface area contributed by atoms with Crippen molar-refractivity contribution in [3.63, 3.8) is 0 Å². The molecule has 0 aliphatic rings. The molecule has 186 valence electrons. The van der Waals surface area contributed by atoms with Gasteiger partial charge in [0.25, 0.3) is 0 Å². The molecule has 0 spiro atoms. The molecular formula is C27H37ClN2O4. The Kier molecular flexibility index (Phi) is 10.2. The van der Waals surface area contributed by atoms with Gasteiger partial charge in [0.1, 0.15) is 6.04 Å². The fourth-order valence-corrected chi connectivity index (χ4v) is 3.62. The molecule has 7 heteroatoms. The maximum Gasteiger partial charge on any atom is 0.242 e. The van der Waals surface area contributed by atoms with Crippen molar-refractivity contribution >= 4 is 23.4 Å². The van der Waals surface area contributed by atoms with Crippen molar-refractivity contribution in [2.45, 2.75) is 72.5 Å². The van der Waals surface area contributed by atoms with Gasteiger partial charge >= 0.3 is 0 Å². The lowest BCUT2D eigenvalue weighted by Crippen LogP contribution is -2.52. The highest BCUT2D eigenvalue weighted by Crippen LogP contribution is 2.29. The Morgan fingerprint density at radius 1 is 0.971 bits per heavy atom. The monoisotopic (exact) mass is 488 g/mol. The fourth-order valence-electron chi connectivity index (χ4n) is 3.49. The zero-order valence-electron chi connectivity index (χ0n) is 21.1. The number of hydrogen-bond donors (Lipinski definition) is 1. The number of aryl methyl sites for hydroxylation is 1. The summed E-state index contributed by atoms with van der Waals surface area (Å²) >= 11 is 6.02. The summed E-state index contributed by atoms with van der Waals surface area (Å²) in [5, 5.41) is 3.60. The minimum atomic E-state index is -0.623. The highest BCUT2D eigenvalue weighted by molar-refractivity contribution is 6.30. The summed E-state index contributed by atoms with van der Waals surface area (Å²) in [4.78, 5) is 27.9. The molecular weight excluding hydrogens is 452 g/mol. The standard InChI is InChI=1S/C27H37ClN2O4/c1-7-33-23-15-11-20(17-24(23)34-8-2)12-16-25(31)30(18-21-9-13-22(28)14-10-21)19(3)26(32)29-27(4,5)6/h9-11,13-15,17,19H,7-8,12,16,18H2,1-6H3,(H,29,32)/t19-/m1/s1. The molecule has 0 aromatic heterocycles. The van der Waals surface area contributed by atoms with Crippen LogP contribution in [0.5, 0.6) is 11.5 Å². The van der Waals surface area contributed by atoms with Gasteiger partial charge in [-0.2, -0.15) is 0 Å². The van der Waals surface area contributed by atoms with Gasteiger partial charge in [-0.3, -0.25) is 9.59 Å². The first-order valence-corrected chi connectivity index (χ1v) is 12.2. The van der Waals surface area contributed by atoms with Crippen LogP contribution in [0.25, 0.3) is 0 Å². The van der Waals surface area contributed by atoms with Crippen molar-refractivity contribution in [3.05, 3.63) is 58.6 Å². The number of amides is 2. The van der Waals surface area contributed by atoms with Gasteiger partial charge in [-0.25, -0.2) is 0 Å². The molecule has 0 aliphatic heterocycles. The predicted octanol–water partition coefficient (Wildman–Crippen LogP) is 5.40. The van der Waals surface area contributed by atoms with Gasteiger partial charge in [-0.1, -0.05) is 29.8 Å². The predicted molar refractivity (Wildman–Crippen MR) is 136 cm³/mol. The van der Waals surface area contributed by atoms with Crippen LogP contribution in [0.2, 0.25) is 5.02 Å². The van der Waals surface area contributed by atoms with Crippen LogP contribution >= 0.6 is 11.6 Å². The van der Waals surface area contributed by atoms with E-state index in [0.717, 1.165) is 11.1 Å². The molecule has 0 aliphatic carbocycles. The SMILES string of the molecule is CCOc1ccc(CCC(=O)N(Cc2ccc(Cl)cc2)[C@H](C)C(=O)NC(C)(C)C)cc1OCC. The summed E-state index contributed by atoms with van der Waals surface area (Å²) in [6, 6.07) is 12.4. The van der Waals surface area contributed by atoms with Gasteiger partial charge in [0.2, 0.25) is 11.8 Å². The molecule has 0 saturated heterocycles. The van der Waals surface area contributed by atoms with Gasteiger partial charge in [0.15, 0.2) is 11.5 Å². The number of hydrogen-bond acceptors (Lipinski definition) is 4. The Morgan fingerprint density at radius 3 is 2.15 bits per heavy atom. The maximum atomic E-state index is 13.3. The average molecular weight is 489 g/mol. The molecule has 2 aromatic rings. The second-order valence-corrected chi connectivity index (χ2v) is 9.65. The highest BCUT2D eigenvalue weighted by Gasteiger charge is 2.28. The van der Waals surface area contributed by atoms with E-state index in [2.05, 4.69) is 5.32 Å². The normalized spacial score (nSPS) is 12.1. The first kappa shape index (κ1) is 27.5. The van der Waals surface area contributed by atoms with Crippen molar-refractivity contribution in [1.82, 2.24) is 10.2 Å². The number of carbonyl (C=O) groups excluding carboxylic acids is 2. The van der Waals surface area contributed by atoms with Gasteiger partial charge in [-0.05, 0) is 83.4 Å². The number of halogens is 1. The van der Waals surface area contributed by atoms with E-state index in [-0.39, 0.29) is 18.2 Å². The highest BCUT2D eigenvalue weighted by atomic mass is 35.5. The smallest absolute Gasteiger partial charge is 0.242 e. The second-order valence-electron chi connectivity index (χ2n) is 9.21. The van der Waals surface area contributed by atoms with Crippen molar-refractivity contribution in [1.29, 1.82) is 0 Å². The largest absolute Gasteiger partial charge is 0.490 e. The number of nitrogens with one attached hydrogen (secondary N) is 1. The number of carbonyl (C=O) groups is 2. The third-order valence-electron chi connectivity index (χ3n) is 5.17. The van der Waals surface area contributed by atoms with Crippen LogP contribution < -0.4 is 14.8 Å². The van der Waals surface area contributed by atoms with Gasteiger partial charge < -0.3 is 19.7 Å². The second kappa shape index (κ2) is 12.7. The van der Waals surface area contributed by atoms with E-state index in [1.54, 1.807) is 24.0 Å². The van der Waals surface area contributed by atoms with Crippen molar-refractivity contribution in [3.8, 4) is 11.5 Å². The van der Waals surface area contributed by atoms with E-state index in [0.29, 0.717) is 42.7 Å². The summed E-state index contributed by atoms with van der Waals surface area (Å²) in [6.45, 7) is 12.8. The maximum absolute atomic E-state index is 13.3. The van der Waals surface area contributed by atoms with Gasteiger partial charge in [0, 0.05) is 23.5 Å². The lowest BCUT2D eigenvalue weighted by Gasteiger charge is -2.31. The first-order chi connectivity index (χ1) is 16.0. The van der Waals surface area contributed by atoms with Crippen molar-refractivity contribution in [2.24, 2.45) is 0 Å². The van der Waals surface area contributed by atoms with E-state index in [4.69, 9.17) is 21.1 Å². The number of rotatable bonds is 11. The Morgan fingerprint density at radius 2 is 1.56 bits per heavy atom. The number of benzene rings is 2. The molecule has 6 nitrogen and oxygen atoms in total. The van der Waals surface area contributed by atoms with Crippen molar-refractivity contribution < 1.29 is 19.1 Å². The topological polar surface area (TPSA) is 67.9 Å². The van der Waals surface area contributed by atoms with E-state index < -0.39 is 11.6 Å². The van der Waals surface area contributed by atoms with E-state index in [9.17, 15) is 9.59 Å². The molecule has 2 rings (SSSR count). The summed E-state index contributed by atoms with van der Waals surface area (Å²) < 4.78 is 11.3. The lowest BCUT2D eigenvalue weighted by molar-refractivity contribution is -0.141. The van der Waals surface area contributed by atoms with Crippen molar-refractivity contribution in [2.75, 3.05) is 13.2 Å². The van der Waals surface area contributed by atoms with Crippen LogP contribution in [-0.2, 0) is 22.6 Å². The van der Waals surface area contributed by atoms with E-state index >= 15 is 0 Å². The molecule has 0 heterocycles. The third kappa shape index (κ3) is 8.56. The third-order valence-corrected chi connectivity index (χ3v) is 5.42. The van der Waals surface area contributed by atoms with Crippen LogP contribution in [0.1, 0.15) is 59.1 Å². The van der Waals surface area contributed by atoms with Crippen LogP contribution in [0, 0.1) is 0 Å². The minimum absolute atomic E-state index is 0.0987. The van der Waals surface area contributed by atoms with Crippen LogP contribution in [0.3, 0.4) is 0 Å². The summed E-state index contributed by atoms with van der Waals surface area (Å²) in [5.41, 5.74) is 1.49. The zero-order chi connectivity index (χ0) is 25.3.